The van der Waals surface area contributed by atoms with E-state index < -0.39 is 5.97 Å². The highest BCUT2D eigenvalue weighted by Gasteiger charge is 2.32. The second kappa shape index (κ2) is 6.95. The number of carboxylic acid groups (broad SMARTS) is 1. The predicted molar refractivity (Wildman–Crippen MR) is 89.9 cm³/mol. The third-order valence-electron chi connectivity index (χ3n) is 5.89. The maximum Gasteiger partial charge on any atom is 0.339 e. The molecule has 1 saturated carbocycles. The van der Waals surface area contributed by atoms with Crippen molar-refractivity contribution in [3.63, 3.8) is 0 Å². The Balaban J connectivity index is 1.59. The van der Waals surface area contributed by atoms with Crippen LogP contribution in [-0.4, -0.2) is 44.8 Å². The Hall–Kier alpha value is -1.85. The zero-order chi connectivity index (χ0) is 17.3. The van der Waals surface area contributed by atoms with Crippen LogP contribution in [-0.2, 0) is 4.79 Å². The molecule has 2 heterocycles. The number of carbonyl (C=O) groups is 2. The number of aromatic carboxylic acids is 1. The van der Waals surface area contributed by atoms with E-state index in [1.54, 1.807) is 6.92 Å². The van der Waals surface area contributed by atoms with Gasteiger partial charge in [0.25, 0.3) is 0 Å². The number of hydrogen-bond acceptors (Lipinski definition) is 3. The number of amides is 1. The first-order valence-corrected chi connectivity index (χ1v) is 9.05. The summed E-state index contributed by atoms with van der Waals surface area (Å²) >= 11 is 0. The van der Waals surface area contributed by atoms with Gasteiger partial charge in [-0.15, -0.1) is 0 Å². The highest BCUT2D eigenvalue weighted by Crippen LogP contribution is 2.33. The molecule has 3 rings (SSSR count). The monoisotopic (exact) mass is 333 g/mol. The van der Waals surface area contributed by atoms with Crippen LogP contribution in [0.25, 0.3) is 0 Å². The van der Waals surface area contributed by atoms with E-state index in [9.17, 15) is 9.59 Å². The third-order valence-corrected chi connectivity index (χ3v) is 5.89. The maximum atomic E-state index is 12.7. The lowest BCUT2D eigenvalue weighted by molar-refractivity contribution is -0.138. The molecule has 1 atom stereocenters. The van der Waals surface area contributed by atoms with E-state index in [0.29, 0.717) is 17.5 Å². The molecule has 1 unspecified atom stereocenters. The molecule has 1 aliphatic heterocycles. The molecule has 1 aliphatic carbocycles. The normalized spacial score (nSPS) is 21.2. The first kappa shape index (κ1) is 17.0. The minimum absolute atomic E-state index is 0.133. The molecule has 6 heteroatoms. The lowest BCUT2D eigenvalue weighted by Gasteiger charge is -2.35. The summed E-state index contributed by atoms with van der Waals surface area (Å²) < 4.78 is 1.83. The van der Waals surface area contributed by atoms with E-state index in [1.165, 1.54) is 31.9 Å². The molecule has 24 heavy (non-hydrogen) atoms. The van der Waals surface area contributed by atoms with Gasteiger partial charge in [-0.3, -0.25) is 9.48 Å². The fourth-order valence-electron chi connectivity index (χ4n) is 4.28. The Morgan fingerprint density at radius 1 is 1.21 bits per heavy atom. The van der Waals surface area contributed by atoms with Crippen LogP contribution in [0.5, 0.6) is 0 Å². The summed E-state index contributed by atoms with van der Waals surface area (Å²) in [5.74, 6) is 0.0522. The van der Waals surface area contributed by atoms with Crippen molar-refractivity contribution in [1.29, 1.82) is 0 Å². The molecular formula is C18H27N3O3. The average molecular weight is 333 g/mol. The van der Waals surface area contributed by atoms with Crippen LogP contribution >= 0.6 is 0 Å². The molecule has 2 aliphatic rings. The van der Waals surface area contributed by atoms with Gasteiger partial charge in [-0.1, -0.05) is 19.8 Å². The Bertz CT molecular complexity index is 611. The Labute approximate surface area is 142 Å². The van der Waals surface area contributed by atoms with Crippen molar-refractivity contribution in [1.82, 2.24) is 14.7 Å². The van der Waals surface area contributed by atoms with Gasteiger partial charge in [-0.25, -0.2) is 4.79 Å². The summed E-state index contributed by atoms with van der Waals surface area (Å²) in [4.78, 5) is 25.9. The van der Waals surface area contributed by atoms with E-state index in [0.717, 1.165) is 25.9 Å². The maximum absolute atomic E-state index is 12.7. The highest BCUT2D eigenvalue weighted by molar-refractivity contribution is 5.88. The van der Waals surface area contributed by atoms with Gasteiger partial charge in [0.1, 0.15) is 5.56 Å². The summed E-state index contributed by atoms with van der Waals surface area (Å²) in [6.07, 6.45) is 8.00. The van der Waals surface area contributed by atoms with Gasteiger partial charge in [0.05, 0.1) is 17.9 Å². The summed E-state index contributed by atoms with van der Waals surface area (Å²) in [5.41, 5.74) is 0.968. The summed E-state index contributed by atoms with van der Waals surface area (Å²) in [7, 11) is 0. The van der Waals surface area contributed by atoms with Gasteiger partial charge in [0.2, 0.25) is 5.91 Å². The smallest absolute Gasteiger partial charge is 0.339 e. The SMILES string of the molecule is Cc1c(C(=O)O)cnn1C1CCN(C(=O)C(C)C2CCCC2)CC1. The van der Waals surface area contributed by atoms with Crippen molar-refractivity contribution < 1.29 is 14.7 Å². The molecule has 0 bridgehead atoms. The average Bonchev–Trinajstić information content (AvgIpc) is 3.23. The summed E-state index contributed by atoms with van der Waals surface area (Å²) in [5, 5.41) is 13.4. The number of carboxylic acids is 1. The number of nitrogens with zero attached hydrogens (tertiary/aromatic N) is 3. The molecule has 1 saturated heterocycles. The minimum atomic E-state index is -0.934. The second-order valence-electron chi connectivity index (χ2n) is 7.28. The number of hydrogen-bond donors (Lipinski definition) is 1. The van der Waals surface area contributed by atoms with Crippen LogP contribution in [0, 0.1) is 18.8 Å². The van der Waals surface area contributed by atoms with Crippen molar-refractivity contribution in [2.24, 2.45) is 11.8 Å². The molecule has 0 spiro atoms. The fourth-order valence-corrected chi connectivity index (χ4v) is 4.28. The van der Waals surface area contributed by atoms with Gasteiger partial charge >= 0.3 is 5.97 Å². The van der Waals surface area contributed by atoms with Crippen LogP contribution in [0.2, 0.25) is 0 Å². The number of rotatable bonds is 4. The fraction of sp³-hybridized carbons (Fsp3) is 0.722. The Morgan fingerprint density at radius 3 is 2.38 bits per heavy atom. The zero-order valence-electron chi connectivity index (χ0n) is 14.6. The van der Waals surface area contributed by atoms with Gasteiger partial charge < -0.3 is 10.0 Å². The summed E-state index contributed by atoms with van der Waals surface area (Å²) in [6.45, 7) is 5.36. The van der Waals surface area contributed by atoms with Crippen molar-refractivity contribution in [3.8, 4) is 0 Å². The lowest BCUT2D eigenvalue weighted by Crippen LogP contribution is -2.43. The largest absolute Gasteiger partial charge is 0.478 e. The quantitative estimate of drug-likeness (QED) is 0.919. The molecule has 6 nitrogen and oxygen atoms in total. The standard InChI is InChI=1S/C18H27N3O3/c1-12(14-5-3-4-6-14)17(22)20-9-7-15(8-10-20)21-13(2)16(11-19-21)18(23)24/h11-12,14-15H,3-10H2,1-2H3,(H,23,24). The topological polar surface area (TPSA) is 75.4 Å². The van der Waals surface area contributed by atoms with Crippen molar-refractivity contribution in [2.45, 2.75) is 58.4 Å². The van der Waals surface area contributed by atoms with Crippen LogP contribution in [0.4, 0.5) is 0 Å². The Morgan fingerprint density at radius 2 is 1.83 bits per heavy atom. The van der Waals surface area contributed by atoms with E-state index in [1.807, 2.05) is 9.58 Å². The van der Waals surface area contributed by atoms with Crippen LogP contribution < -0.4 is 0 Å². The number of piperidine rings is 1. The molecule has 0 radical (unpaired) electrons. The Kier molecular flexibility index (Phi) is 4.92. The van der Waals surface area contributed by atoms with Crippen LogP contribution in [0.3, 0.4) is 0 Å². The van der Waals surface area contributed by atoms with Crippen molar-refractivity contribution >= 4 is 11.9 Å². The van der Waals surface area contributed by atoms with Crippen LogP contribution in [0.15, 0.2) is 6.20 Å². The molecular weight excluding hydrogens is 306 g/mol. The first-order chi connectivity index (χ1) is 11.5. The summed E-state index contributed by atoms with van der Waals surface area (Å²) in [6, 6.07) is 0.184. The predicted octanol–water partition coefficient (Wildman–Crippen LogP) is 2.88. The van der Waals surface area contributed by atoms with Gasteiger partial charge in [0.15, 0.2) is 0 Å². The second-order valence-corrected chi connectivity index (χ2v) is 7.28. The molecule has 1 amide bonds. The molecule has 2 fully saturated rings. The van der Waals surface area contributed by atoms with Crippen molar-refractivity contribution in [2.75, 3.05) is 13.1 Å². The molecule has 1 aromatic rings. The van der Waals surface area contributed by atoms with Gasteiger partial charge in [0, 0.05) is 19.0 Å². The lowest BCUT2D eigenvalue weighted by atomic mass is 9.90. The highest BCUT2D eigenvalue weighted by atomic mass is 16.4. The van der Waals surface area contributed by atoms with E-state index in [2.05, 4.69) is 12.0 Å². The van der Waals surface area contributed by atoms with E-state index in [4.69, 9.17) is 5.11 Å². The number of carbonyl (C=O) groups excluding carboxylic acids is 1. The first-order valence-electron chi connectivity index (χ1n) is 9.05. The molecule has 1 N–H and O–H groups in total. The number of likely N-dealkylation sites (tertiary alicyclic amines) is 1. The van der Waals surface area contributed by atoms with Crippen LogP contribution in [0.1, 0.15) is 67.5 Å². The van der Waals surface area contributed by atoms with Crippen molar-refractivity contribution in [3.05, 3.63) is 17.5 Å². The molecule has 0 aromatic carbocycles. The van der Waals surface area contributed by atoms with E-state index in [-0.39, 0.29) is 17.5 Å². The molecule has 1 aromatic heterocycles. The third kappa shape index (κ3) is 3.19. The van der Waals surface area contributed by atoms with Gasteiger partial charge in [-0.05, 0) is 38.5 Å². The number of aromatic nitrogens is 2. The van der Waals surface area contributed by atoms with Gasteiger partial charge in [-0.2, -0.15) is 5.10 Å². The molecule has 132 valence electrons. The van der Waals surface area contributed by atoms with E-state index >= 15 is 0 Å². The minimum Gasteiger partial charge on any atom is -0.478 e. The zero-order valence-corrected chi connectivity index (χ0v) is 14.6.